The van der Waals surface area contributed by atoms with Crippen molar-refractivity contribution in [2.24, 2.45) is 5.92 Å². The van der Waals surface area contributed by atoms with Gasteiger partial charge in [0, 0.05) is 24.3 Å². The Morgan fingerprint density at radius 2 is 1.91 bits per heavy atom. The Morgan fingerprint density at radius 1 is 1.30 bits per heavy atom. The van der Waals surface area contributed by atoms with Gasteiger partial charge >= 0.3 is 0 Å². The molecular formula is C17H24FNO3S. The molecule has 23 heavy (non-hydrogen) atoms. The van der Waals surface area contributed by atoms with Crippen LogP contribution in [0.25, 0.3) is 0 Å². The largest absolute Gasteiger partial charge is 0.337 e. The summed E-state index contributed by atoms with van der Waals surface area (Å²) >= 11 is 0. The van der Waals surface area contributed by atoms with E-state index < -0.39 is 15.4 Å². The van der Waals surface area contributed by atoms with Crippen LogP contribution >= 0.6 is 0 Å². The first kappa shape index (κ1) is 17.9. The van der Waals surface area contributed by atoms with Gasteiger partial charge in [-0.2, -0.15) is 0 Å². The first-order valence-corrected chi connectivity index (χ1v) is 9.80. The highest BCUT2D eigenvalue weighted by Crippen LogP contribution is 2.49. The standard InChI is InChI=1S/C17H24FNO3S/c1-17(2,3)19(9-10-23(4,21)22)16(20)14-11-13(14)12-7-5-6-8-15(12)18/h5-8,13-14H,9-11H2,1-4H3/t13-,14-/m1/s1. The van der Waals surface area contributed by atoms with E-state index in [4.69, 9.17) is 0 Å². The third kappa shape index (κ3) is 4.53. The number of carbonyl (C=O) groups excluding carboxylic acids is 1. The van der Waals surface area contributed by atoms with Crippen LogP contribution in [0.1, 0.15) is 38.7 Å². The van der Waals surface area contributed by atoms with Crippen molar-refractivity contribution in [3.05, 3.63) is 35.6 Å². The highest BCUT2D eigenvalue weighted by molar-refractivity contribution is 7.90. The van der Waals surface area contributed by atoms with Gasteiger partial charge < -0.3 is 4.90 Å². The lowest BCUT2D eigenvalue weighted by molar-refractivity contribution is -0.137. The lowest BCUT2D eigenvalue weighted by atomic mass is 10.0. The fraction of sp³-hybridized carbons (Fsp3) is 0.588. The first-order chi connectivity index (χ1) is 10.5. The molecule has 0 unspecified atom stereocenters. The summed E-state index contributed by atoms with van der Waals surface area (Å²) in [7, 11) is -3.14. The number of carbonyl (C=O) groups is 1. The van der Waals surface area contributed by atoms with Crippen LogP contribution < -0.4 is 0 Å². The zero-order valence-corrected chi connectivity index (χ0v) is 14.9. The molecule has 0 aliphatic heterocycles. The summed E-state index contributed by atoms with van der Waals surface area (Å²) in [4.78, 5) is 14.4. The lowest BCUT2D eigenvalue weighted by Crippen LogP contribution is -2.48. The zero-order chi connectivity index (χ0) is 17.4. The van der Waals surface area contributed by atoms with Gasteiger partial charge in [0.05, 0.1) is 5.75 Å². The fourth-order valence-electron chi connectivity index (χ4n) is 2.82. The normalized spacial score (nSPS) is 21.1. The molecule has 1 saturated carbocycles. The van der Waals surface area contributed by atoms with Crippen LogP contribution in [0, 0.1) is 11.7 Å². The Hall–Kier alpha value is -1.43. The van der Waals surface area contributed by atoms with Crippen LogP contribution in [-0.4, -0.2) is 43.3 Å². The lowest BCUT2D eigenvalue weighted by Gasteiger charge is -2.36. The molecule has 0 N–H and O–H groups in total. The van der Waals surface area contributed by atoms with Crippen molar-refractivity contribution in [1.29, 1.82) is 0 Å². The molecule has 1 aromatic rings. The van der Waals surface area contributed by atoms with Gasteiger partial charge in [-0.3, -0.25) is 4.79 Å². The molecule has 0 spiro atoms. The summed E-state index contributed by atoms with van der Waals surface area (Å²) in [6, 6.07) is 6.51. The summed E-state index contributed by atoms with van der Waals surface area (Å²) < 4.78 is 36.7. The van der Waals surface area contributed by atoms with Crippen LogP contribution in [-0.2, 0) is 14.6 Å². The summed E-state index contributed by atoms with van der Waals surface area (Å²) in [6.07, 6.45) is 1.78. The maximum absolute atomic E-state index is 13.9. The van der Waals surface area contributed by atoms with Crippen molar-refractivity contribution >= 4 is 15.7 Å². The third-order valence-electron chi connectivity index (χ3n) is 4.17. The minimum Gasteiger partial charge on any atom is -0.337 e. The van der Waals surface area contributed by atoms with E-state index in [1.165, 1.54) is 6.07 Å². The van der Waals surface area contributed by atoms with Crippen LogP contribution in [0.4, 0.5) is 4.39 Å². The Bertz CT molecular complexity index is 694. The molecular weight excluding hydrogens is 317 g/mol. The summed E-state index contributed by atoms with van der Waals surface area (Å²) in [6.45, 7) is 5.82. The number of rotatable bonds is 5. The van der Waals surface area contributed by atoms with Gasteiger partial charge in [0.2, 0.25) is 5.91 Å². The molecule has 1 aliphatic rings. The van der Waals surface area contributed by atoms with Crippen molar-refractivity contribution in [2.75, 3.05) is 18.6 Å². The number of amides is 1. The number of halogens is 1. The monoisotopic (exact) mass is 341 g/mol. The molecule has 1 amide bonds. The smallest absolute Gasteiger partial charge is 0.226 e. The van der Waals surface area contributed by atoms with Gasteiger partial charge in [0.1, 0.15) is 15.7 Å². The predicted molar refractivity (Wildman–Crippen MR) is 88.4 cm³/mol. The number of hydrogen-bond acceptors (Lipinski definition) is 3. The summed E-state index contributed by atoms with van der Waals surface area (Å²) in [5.41, 5.74) is 0.104. The molecule has 2 rings (SSSR count). The predicted octanol–water partition coefficient (Wildman–Crippen LogP) is 2.60. The number of nitrogens with zero attached hydrogens (tertiary/aromatic N) is 1. The average molecular weight is 341 g/mol. The minimum atomic E-state index is -3.14. The van der Waals surface area contributed by atoms with Gasteiger partial charge in [-0.15, -0.1) is 0 Å². The molecule has 0 radical (unpaired) electrons. The molecule has 2 atom stereocenters. The molecule has 6 heteroatoms. The van der Waals surface area contributed by atoms with E-state index in [1.807, 2.05) is 20.8 Å². The molecule has 0 aromatic heterocycles. The second-order valence-corrected chi connectivity index (χ2v) is 9.52. The second kappa shape index (κ2) is 6.23. The van der Waals surface area contributed by atoms with Gasteiger partial charge in [0.25, 0.3) is 0 Å². The number of sulfone groups is 1. The highest BCUT2D eigenvalue weighted by atomic mass is 32.2. The molecule has 1 aliphatic carbocycles. The maximum atomic E-state index is 13.9. The van der Waals surface area contributed by atoms with Crippen LogP contribution in [0.2, 0.25) is 0 Å². The molecule has 0 saturated heterocycles. The maximum Gasteiger partial charge on any atom is 0.226 e. The van der Waals surface area contributed by atoms with Gasteiger partial charge in [0.15, 0.2) is 0 Å². The van der Waals surface area contributed by atoms with Gasteiger partial charge in [-0.25, -0.2) is 12.8 Å². The summed E-state index contributed by atoms with van der Waals surface area (Å²) in [5, 5.41) is 0. The first-order valence-electron chi connectivity index (χ1n) is 7.74. The second-order valence-electron chi connectivity index (χ2n) is 7.26. The van der Waals surface area contributed by atoms with E-state index in [1.54, 1.807) is 23.1 Å². The molecule has 4 nitrogen and oxygen atoms in total. The fourth-order valence-corrected chi connectivity index (χ4v) is 3.34. The Kier molecular flexibility index (Phi) is 4.85. The van der Waals surface area contributed by atoms with E-state index in [0.29, 0.717) is 12.0 Å². The summed E-state index contributed by atoms with van der Waals surface area (Å²) in [5.74, 6) is -0.800. The van der Waals surface area contributed by atoms with E-state index >= 15 is 0 Å². The molecule has 1 aromatic carbocycles. The molecule has 128 valence electrons. The van der Waals surface area contributed by atoms with Crippen molar-refractivity contribution in [3.8, 4) is 0 Å². The van der Waals surface area contributed by atoms with Crippen LogP contribution in [0.5, 0.6) is 0 Å². The van der Waals surface area contributed by atoms with Gasteiger partial charge in [-0.1, -0.05) is 18.2 Å². The van der Waals surface area contributed by atoms with Crippen LogP contribution in [0.15, 0.2) is 24.3 Å². The van der Waals surface area contributed by atoms with Crippen molar-refractivity contribution in [3.63, 3.8) is 0 Å². The number of benzene rings is 1. The molecule has 0 bridgehead atoms. The van der Waals surface area contributed by atoms with Crippen molar-refractivity contribution < 1.29 is 17.6 Å². The van der Waals surface area contributed by atoms with E-state index in [9.17, 15) is 17.6 Å². The topological polar surface area (TPSA) is 54.5 Å². The quantitative estimate of drug-likeness (QED) is 0.827. The Labute approximate surface area is 137 Å². The van der Waals surface area contributed by atoms with E-state index in [0.717, 1.165) is 6.26 Å². The molecule has 1 fully saturated rings. The SMILES string of the molecule is CC(C)(C)N(CCS(C)(=O)=O)C(=O)[C@@H]1C[C@@H]1c1ccccc1F. The van der Waals surface area contributed by atoms with Crippen LogP contribution in [0.3, 0.4) is 0 Å². The van der Waals surface area contributed by atoms with Crippen molar-refractivity contribution in [1.82, 2.24) is 4.90 Å². The third-order valence-corrected chi connectivity index (χ3v) is 5.10. The van der Waals surface area contributed by atoms with Gasteiger partial charge in [-0.05, 0) is 44.7 Å². The Morgan fingerprint density at radius 3 is 2.43 bits per heavy atom. The van der Waals surface area contributed by atoms with Crippen molar-refractivity contribution in [2.45, 2.75) is 38.6 Å². The number of hydrogen-bond donors (Lipinski definition) is 0. The Balaban J connectivity index is 2.12. The zero-order valence-electron chi connectivity index (χ0n) is 14.0. The molecule has 0 heterocycles. The minimum absolute atomic E-state index is 0.0624. The van der Waals surface area contributed by atoms with E-state index in [-0.39, 0.29) is 35.9 Å². The average Bonchev–Trinajstić information content (AvgIpc) is 3.16. The highest BCUT2D eigenvalue weighted by Gasteiger charge is 2.48. The van der Waals surface area contributed by atoms with E-state index in [2.05, 4.69) is 0 Å².